The van der Waals surface area contributed by atoms with E-state index >= 15 is 0 Å². The molecule has 6 nitrogen and oxygen atoms in total. The molecule has 1 aromatic carbocycles. The first-order chi connectivity index (χ1) is 12.2. The van der Waals surface area contributed by atoms with Crippen LogP contribution in [0.5, 0.6) is 5.75 Å². The zero-order valence-electron chi connectivity index (χ0n) is 14.9. The smallest absolute Gasteiger partial charge is 0.225 e. The Morgan fingerprint density at radius 2 is 2.20 bits per heavy atom. The summed E-state index contributed by atoms with van der Waals surface area (Å²) in [7, 11) is 1.64. The van der Waals surface area contributed by atoms with Crippen LogP contribution in [-0.4, -0.2) is 47.2 Å². The largest absolute Gasteiger partial charge is 0.497 e. The summed E-state index contributed by atoms with van der Waals surface area (Å²) < 4.78 is 5.16. The number of carbonyl (C=O) groups excluding carboxylic acids is 1. The van der Waals surface area contributed by atoms with Crippen molar-refractivity contribution in [1.82, 2.24) is 15.1 Å². The van der Waals surface area contributed by atoms with Crippen LogP contribution in [0.1, 0.15) is 32.6 Å². The summed E-state index contributed by atoms with van der Waals surface area (Å²) >= 11 is 0. The van der Waals surface area contributed by atoms with Crippen LogP contribution in [0.2, 0.25) is 0 Å². The molecule has 0 spiro atoms. The zero-order valence-corrected chi connectivity index (χ0v) is 14.9. The van der Waals surface area contributed by atoms with Crippen LogP contribution < -0.4 is 10.1 Å². The van der Waals surface area contributed by atoms with Gasteiger partial charge >= 0.3 is 0 Å². The molecular weight excluding hydrogens is 316 g/mol. The van der Waals surface area contributed by atoms with E-state index in [0.717, 1.165) is 36.5 Å². The first-order valence-corrected chi connectivity index (χ1v) is 8.89. The maximum absolute atomic E-state index is 12.1. The van der Waals surface area contributed by atoms with Crippen LogP contribution in [-0.2, 0) is 4.79 Å². The predicted octanol–water partition coefficient (Wildman–Crippen LogP) is 3.29. The Bertz CT molecular complexity index is 696. The Balaban J connectivity index is 1.47. The second kappa shape index (κ2) is 8.16. The number of anilines is 1. The third-order valence-electron chi connectivity index (χ3n) is 4.78. The predicted molar refractivity (Wildman–Crippen MR) is 98.7 cm³/mol. The van der Waals surface area contributed by atoms with Gasteiger partial charge in [-0.2, -0.15) is 5.10 Å². The maximum atomic E-state index is 12.1. The number of ether oxygens (including phenoxy) is 1. The second-order valence-corrected chi connectivity index (χ2v) is 6.57. The molecule has 1 fully saturated rings. The van der Waals surface area contributed by atoms with E-state index in [1.165, 1.54) is 12.8 Å². The van der Waals surface area contributed by atoms with E-state index in [9.17, 15) is 4.79 Å². The molecule has 0 bridgehead atoms. The summed E-state index contributed by atoms with van der Waals surface area (Å²) in [6.07, 6.45) is 3.96. The molecule has 2 heterocycles. The first kappa shape index (κ1) is 17.5. The van der Waals surface area contributed by atoms with Crippen LogP contribution in [0.4, 0.5) is 5.82 Å². The van der Waals surface area contributed by atoms with Crippen LogP contribution >= 0.6 is 0 Å². The van der Waals surface area contributed by atoms with E-state index in [1.54, 1.807) is 7.11 Å². The van der Waals surface area contributed by atoms with Gasteiger partial charge in [0.1, 0.15) is 11.6 Å². The molecule has 6 heteroatoms. The van der Waals surface area contributed by atoms with Crippen molar-refractivity contribution in [2.45, 2.75) is 38.6 Å². The fourth-order valence-electron chi connectivity index (χ4n) is 3.28. The number of H-pyrrole nitrogens is 1. The number of carbonyl (C=O) groups is 1. The summed E-state index contributed by atoms with van der Waals surface area (Å²) in [5, 5.41) is 10.0. The molecule has 1 saturated heterocycles. The lowest BCUT2D eigenvalue weighted by Gasteiger charge is -2.20. The molecule has 25 heavy (non-hydrogen) atoms. The quantitative estimate of drug-likeness (QED) is 0.810. The Labute approximate surface area is 148 Å². The van der Waals surface area contributed by atoms with Gasteiger partial charge in [0, 0.05) is 24.1 Å². The van der Waals surface area contributed by atoms with Crippen molar-refractivity contribution in [3.8, 4) is 17.0 Å². The zero-order chi connectivity index (χ0) is 17.6. The number of aromatic amines is 1. The lowest BCUT2D eigenvalue weighted by Crippen LogP contribution is -2.28. The molecule has 1 unspecified atom stereocenters. The monoisotopic (exact) mass is 342 g/mol. The van der Waals surface area contributed by atoms with Crippen LogP contribution in [0.15, 0.2) is 30.3 Å². The number of nitrogens with zero attached hydrogens (tertiary/aromatic N) is 2. The number of hydrogen-bond acceptors (Lipinski definition) is 4. The first-order valence-electron chi connectivity index (χ1n) is 8.89. The molecular formula is C19H26N4O2. The van der Waals surface area contributed by atoms with Gasteiger partial charge in [0.2, 0.25) is 5.91 Å². The molecule has 2 N–H and O–H groups in total. The molecule has 0 saturated carbocycles. The average molecular weight is 342 g/mol. The van der Waals surface area contributed by atoms with Crippen molar-refractivity contribution in [3.63, 3.8) is 0 Å². The van der Waals surface area contributed by atoms with Crippen molar-refractivity contribution in [2.75, 3.05) is 25.5 Å². The van der Waals surface area contributed by atoms with Gasteiger partial charge in [0.25, 0.3) is 0 Å². The lowest BCUT2D eigenvalue weighted by atomic mass is 10.1. The summed E-state index contributed by atoms with van der Waals surface area (Å²) in [6.45, 7) is 4.42. The molecule has 134 valence electrons. The molecule has 0 aliphatic carbocycles. The van der Waals surface area contributed by atoms with Crippen molar-refractivity contribution in [3.05, 3.63) is 30.3 Å². The minimum Gasteiger partial charge on any atom is -0.497 e. The van der Waals surface area contributed by atoms with E-state index in [1.807, 2.05) is 30.3 Å². The van der Waals surface area contributed by atoms with Gasteiger partial charge in [0.15, 0.2) is 0 Å². The number of methoxy groups -OCH3 is 1. The Morgan fingerprint density at radius 1 is 1.40 bits per heavy atom. The van der Waals surface area contributed by atoms with Crippen LogP contribution in [0, 0.1) is 0 Å². The highest BCUT2D eigenvalue weighted by Gasteiger charge is 2.19. The van der Waals surface area contributed by atoms with E-state index in [0.29, 0.717) is 18.3 Å². The number of nitrogens with one attached hydrogen (secondary N) is 2. The summed E-state index contributed by atoms with van der Waals surface area (Å²) in [5.74, 6) is 1.46. The van der Waals surface area contributed by atoms with Gasteiger partial charge in [-0.05, 0) is 63.5 Å². The molecule has 1 aliphatic heterocycles. The Morgan fingerprint density at radius 3 is 2.88 bits per heavy atom. The summed E-state index contributed by atoms with van der Waals surface area (Å²) in [6, 6.07) is 10.2. The van der Waals surface area contributed by atoms with Crippen molar-refractivity contribution in [1.29, 1.82) is 0 Å². The number of likely N-dealkylation sites (tertiary alicyclic amines) is 1. The normalized spacial score (nSPS) is 17.6. The highest BCUT2D eigenvalue weighted by atomic mass is 16.5. The van der Waals surface area contributed by atoms with Gasteiger partial charge < -0.3 is 15.0 Å². The minimum absolute atomic E-state index is 0.0248. The minimum atomic E-state index is 0.0248. The van der Waals surface area contributed by atoms with Gasteiger partial charge in [-0.15, -0.1) is 0 Å². The third kappa shape index (κ3) is 4.60. The molecule has 2 aromatic rings. The highest BCUT2D eigenvalue weighted by molar-refractivity contribution is 5.90. The van der Waals surface area contributed by atoms with Gasteiger partial charge in [-0.25, -0.2) is 0 Å². The maximum Gasteiger partial charge on any atom is 0.225 e. The molecule has 1 amide bonds. The van der Waals surface area contributed by atoms with E-state index in [4.69, 9.17) is 4.74 Å². The van der Waals surface area contributed by atoms with E-state index in [-0.39, 0.29) is 5.91 Å². The highest BCUT2D eigenvalue weighted by Crippen LogP contribution is 2.22. The number of benzene rings is 1. The standard InChI is InChI=1S/C19H26N4O2/c1-14-5-3-11-23(14)12-4-6-19(24)20-18-13-17(21-22-18)15-7-9-16(25-2)10-8-15/h7-10,13-14H,3-6,11-12H2,1-2H3,(H2,20,21,22,24). The number of amides is 1. The number of hydrogen-bond donors (Lipinski definition) is 2. The van der Waals surface area contributed by atoms with Crippen LogP contribution in [0.25, 0.3) is 11.3 Å². The van der Waals surface area contributed by atoms with Gasteiger partial charge in [-0.1, -0.05) is 0 Å². The second-order valence-electron chi connectivity index (χ2n) is 6.57. The fourth-order valence-corrected chi connectivity index (χ4v) is 3.28. The van der Waals surface area contributed by atoms with E-state index in [2.05, 4.69) is 27.3 Å². The van der Waals surface area contributed by atoms with Crippen LogP contribution in [0.3, 0.4) is 0 Å². The summed E-state index contributed by atoms with van der Waals surface area (Å²) in [5.41, 5.74) is 1.77. The van der Waals surface area contributed by atoms with Crippen molar-refractivity contribution >= 4 is 11.7 Å². The van der Waals surface area contributed by atoms with Crippen molar-refractivity contribution in [2.24, 2.45) is 0 Å². The molecule has 1 aliphatic rings. The molecule has 1 atom stereocenters. The fraction of sp³-hybridized carbons (Fsp3) is 0.474. The molecule has 3 rings (SSSR count). The number of aromatic nitrogens is 2. The Hall–Kier alpha value is -2.34. The molecule has 0 radical (unpaired) electrons. The molecule has 1 aromatic heterocycles. The Kier molecular flexibility index (Phi) is 5.71. The van der Waals surface area contributed by atoms with Gasteiger partial charge in [0.05, 0.1) is 12.8 Å². The SMILES string of the molecule is COc1ccc(-c2cc(NC(=O)CCCN3CCCC3C)[nH]n2)cc1. The lowest BCUT2D eigenvalue weighted by molar-refractivity contribution is -0.116. The number of rotatable bonds is 7. The summed E-state index contributed by atoms with van der Waals surface area (Å²) in [4.78, 5) is 14.6. The third-order valence-corrected chi connectivity index (χ3v) is 4.78. The average Bonchev–Trinajstić information content (AvgIpc) is 3.24. The van der Waals surface area contributed by atoms with E-state index < -0.39 is 0 Å². The van der Waals surface area contributed by atoms with Gasteiger partial charge in [-0.3, -0.25) is 9.89 Å². The van der Waals surface area contributed by atoms with Crippen molar-refractivity contribution < 1.29 is 9.53 Å². The topological polar surface area (TPSA) is 70.2 Å².